The van der Waals surface area contributed by atoms with Crippen molar-refractivity contribution in [3.8, 4) is 0 Å². The van der Waals surface area contributed by atoms with Gasteiger partial charge in [-0.25, -0.2) is 0 Å². The summed E-state index contributed by atoms with van der Waals surface area (Å²) in [6, 6.07) is 13.5. The number of amides is 2. The molecule has 2 fully saturated rings. The second-order valence-corrected chi connectivity index (χ2v) is 8.25. The molecule has 2 aliphatic heterocycles. The molecule has 1 N–H and O–H groups in total. The molecule has 30 heavy (non-hydrogen) atoms. The molecule has 2 aromatic carbocycles. The Labute approximate surface area is 177 Å². The second kappa shape index (κ2) is 8.48. The van der Waals surface area contributed by atoms with Gasteiger partial charge in [0.05, 0.1) is 12.6 Å². The van der Waals surface area contributed by atoms with Crippen LogP contribution >= 0.6 is 0 Å². The number of hydrogen-bond acceptors (Lipinski definition) is 4. The Morgan fingerprint density at radius 3 is 2.37 bits per heavy atom. The lowest BCUT2D eigenvalue weighted by atomic mass is 10.1. The van der Waals surface area contributed by atoms with Crippen LogP contribution in [-0.4, -0.2) is 60.6 Å². The summed E-state index contributed by atoms with van der Waals surface area (Å²) in [5.41, 5.74) is 5.14. The van der Waals surface area contributed by atoms with E-state index < -0.39 is 0 Å². The van der Waals surface area contributed by atoms with Crippen molar-refractivity contribution in [1.29, 1.82) is 0 Å². The van der Waals surface area contributed by atoms with Gasteiger partial charge in [-0.15, -0.1) is 0 Å². The molecule has 0 aromatic heterocycles. The summed E-state index contributed by atoms with van der Waals surface area (Å²) < 4.78 is 0. The molecule has 2 aliphatic rings. The number of carbonyl (C=O) groups excluding carboxylic acids is 2. The van der Waals surface area contributed by atoms with Gasteiger partial charge in [-0.05, 0) is 56.2 Å². The van der Waals surface area contributed by atoms with E-state index in [2.05, 4.69) is 36.9 Å². The third-order valence-electron chi connectivity index (χ3n) is 6.19. The number of nitrogens with zero attached hydrogens (tertiary/aromatic N) is 3. The molecule has 0 saturated carbocycles. The molecule has 6 heteroatoms. The van der Waals surface area contributed by atoms with E-state index in [1.165, 1.54) is 16.8 Å². The molecule has 4 rings (SSSR count). The second-order valence-electron chi connectivity index (χ2n) is 8.25. The first kappa shape index (κ1) is 20.4. The number of aryl methyl sites for hydroxylation is 2. The summed E-state index contributed by atoms with van der Waals surface area (Å²) in [4.78, 5) is 31.0. The molecule has 0 bridgehead atoms. The molecule has 2 saturated heterocycles. The summed E-state index contributed by atoms with van der Waals surface area (Å²) in [7, 11) is 0. The number of rotatable bonds is 4. The fourth-order valence-corrected chi connectivity index (χ4v) is 4.53. The fourth-order valence-electron chi connectivity index (χ4n) is 4.53. The van der Waals surface area contributed by atoms with Crippen molar-refractivity contribution < 1.29 is 14.7 Å². The van der Waals surface area contributed by atoms with E-state index in [4.69, 9.17) is 0 Å². The highest BCUT2D eigenvalue weighted by Gasteiger charge is 2.31. The van der Waals surface area contributed by atoms with E-state index >= 15 is 0 Å². The van der Waals surface area contributed by atoms with Gasteiger partial charge in [-0.2, -0.15) is 0 Å². The lowest BCUT2D eigenvalue weighted by Crippen LogP contribution is -2.49. The topological polar surface area (TPSA) is 64.1 Å². The van der Waals surface area contributed by atoms with Crippen molar-refractivity contribution in [2.45, 2.75) is 32.7 Å². The van der Waals surface area contributed by atoms with Crippen molar-refractivity contribution in [3.63, 3.8) is 0 Å². The Morgan fingerprint density at radius 1 is 1.03 bits per heavy atom. The van der Waals surface area contributed by atoms with Crippen molar-refractivity contribution in [3.05, 3.63) is 59.2 Å². The molecule has 2 aromatic rings. The average Bonchev–Trinajstić information content (AvgIpc) is 3.14. The van der Waals surface area contributed by atoms with Gasteiger partial charge in [0.1, 0.15) is 0 Å². The monoisotopic (exact) mass is 407 g/mol. The molecule has 1 atom stereocenters. The molecule has 2 heterocycles. The van der Waals surface area contributed by atoms with Gasteiger partial charge in [-0.1, -0.05) is 17.7 Å². The van der Waals surface area contributed by atoms with Crippen LogP contribution in [0.2, 0.25) is 0 Å². The average molecular weight is 408 g/mol. The molecule has 6 nitrogen and oxygen atoms in total. The number of aliphatic hydroxyl groups excluding tert-OH is 1. The van der Waals surface area contributed by atoms with Crippen molar-refractivity contribution in [1.82, 2.24) is 4.90 Å². The van der Waals surface area contributed by atoms with Crippen molar-refractivity contribution in [2.75, 3.05) is 42.6 Å². The standard InChI is InChI=1S/C24H29N3O3/c1-17-3-9-22(18(2)15-17)25-11-13-26(14-12-25)24(30)19-4-6-20(7-5-19)27-21(16-28)8-10-23(27)29/h3-7,9,15,21,28H,8,10-14,16H2,1-2H3. The number of anilines is 2. The summed E-state index contributed by atoms with van der Waals surface area (Å²) >= 11 is 0. The van der Waals surface area contributed by atoms with E-state index in [1.807, 2.05) is 17.0 Å². The molecule has 0 radical (unpaired) electrons. The Kier molecular flexibility index (Phi) is 5.77. The molecule has 0 aliphatic carbocycles. The van der Waals surface area contributed by atoms with Gasteiger partial charge in [0.2, 0.25) is 5.91 Å². The highest BCUT2D eigenvalue weighted by molar-refractivity contribution is 5.98. The van der Waals surface area contributed by atoms with Crippen LogP contribution in [0.15, 0.2) is 42.5 Å². The SMILES string of the molecule is Cc1ccc(N2CCN(C(=O)c3ccc(N4C(=O)CCC4CO)cc3)CC2)c(C)c1. The zero-order valence-electron chi connectivity index (χ0n) is 17.7. The van der Waals surface area contributed by atoms with E-state index in [9.17, 15) is 14.7 Å². The Balaban J connectivity index is 1.40. The summed E-state index contributed by atoms with van der Waals surface area (Å²) in [6.07, 6.45) is 1.12. The third-order valence-corrected chi connectivity index (χ3v) is 6.19. The van der Waals surface area contributed by atoms with Gasteiger partial charge in [0.25, 0.3) is 5.91 Å². The van der Waals surface area contributed by atoms with E-state index in [1.54, 1.807) is 17.0 Å². The van der Waals surface area contributed by atoms with Crippen molar-refractivity contribution >= 4 is 23.2 Å². The summed E-state index contributed by atoms with van der Waals surface area (Å²) in [6.45, 7) is 7.19. The zero-order chi connectivity index (χ0) is 21.3. The van der Waals surface area contributed by atoms with Crippen LogP contribution in [0.25, 0.3) is 0 Å². The highest BCUT2D eigenvalue weighted by atomic mass is 16.3. The Bertz CT molecular complexity index is 933. The van der Waals surface area contributed by atoms with E-state index in [0.29, 0.717) is 31.5 Å². The molecule has 0 spiro atoms. The number of benzene rings is 2. The van der Waals surface area contributed by atoms with Crippen LogP contribution in [0.1, 0.15) is 34.3 Å². The Morgan fingerprint density at radius 2 is 1.73 bits per heavy atom. The predicted molar refractivity (Wildman–Crippen MR) is 118 cm³/mol. The molecule has 1 unspecified atom stereocenters. The molecular formula is C24H29N3O3. The molecule has 2 amide bonds. The zero-order valence-corrected chi connectivity index (χ0v) is 17.7. The number of aliphatic hydroxyl groups is 1. The Hall–Kier alpha value is -2.86. The van der Waals surface area contributed by atoms with Gasteiger partial charge in [0.15, 0.2) is 0 Å². The largest absolute Gasteiger partial charge is 0.394 e. The first-order chi connectivity index (χ1) is 14.5. The van der Waals surface area contributed by atoms with Crippen LogP contribution in [0, 0.1) is 13.8 Å². The minimum Gasteiger partial charge on any atom is -0.394 e. The van der Waals surface area contributed by atoms with Crippen LogP contribution < -0.4 is 9.80 Å². The van der Waals surface area contributed by atoms with E-state index in [0.717, 1.165) is 18.8 Å². The predicted octanol–water partition coefficient (Wildman–Crippen LogP) is 2.75. The fraction of sp³-hybridized carbons (Fsp3) is 0.417. The summed E-state index contributed by atoms with van der Waals surface area (Å²) in [5, 5.41) is 9.50. The normalized spacial score (nSPS) is 19.5. The van der Waals surface area contributed by atoms with Crippen LogP contribution in [0.5, 0.6) is 0 Å². The highest BCUT2D eigenvalue weighted by Crippen LogP contribution is 2.27. The van der Waals surface area contributed by atoms with Gasteiger partial charge in [0, 0.05) is 49.5 Å². The van der Waals surface area contributed by atoms with Gasteiger partial charge in [-0.3, -0.25) is 9.59 Å². The maximum absolute atomic E-state index is 13.0. The smallest absolute Gasteiger partial charge is 0.253 e. The molecule has 158 valence electrons. The minimum atomic E-state index is -0.169. The minimum absolute atomic E-state index is 0.0216. The number of carbonyl (C=O) groups is 2. The molecular weight excluding hydrogens is 378 g/mol. The van der Waals surface area contributed by atoms with Crippen LogP contribution in [-0.2, 0) is 4.79 Å². The quantitative estimate of drug-likeness (QED) is 0.847. The first-order valence-corrected chi connectivity index (χ1v) is 10.6. The van der Waals surface area contributed by atoms with Crippen molar-refractivity contribution in [2.24, 2.45) is 0 Å². The van der Waals surface area contributed by atoms with Gasteiger partial charge >= 0.3 is 0 Å². The van der Waals surface area contributed by atoms with Gasteiger partial charge < -0.3 is 19.8 Å². The lowest BCUT2D eigenvalue weighted by molar-refractivity contribution is -0.117. The maximum atomic E-state index is 13.0. The van der Waals surface area contributed by atoms with Crippen LogP contribution in [0.3, 0.4) is 0 Å². The summed E-state index contributed by atoms with van der Waals surface area (Å²) in [5.74, 6) is 0.0453. The number of hydrogen-bond donors (Lipinski definition) is 1. The van der Waals surface area contributed by atoms with Crippen LogP contribution in [0.4, 0.5) is 11.4 Å². The number of piperazine rings is 1. The lowest BCUT2D eigenvalue weighted by Gasteiger charge is -2.37. The van der Waals surface area contributed by atoms with E-state index in [-0.39, 0.29) is 24.5 Å². The maximum Gasteiger partial charge on any atom is 0.253 e. The first-order valence-electron chi connectivity index (χ1n) is 10.6. The third kappa shape index (κ3) is 3.92.